The lowest BCUT2D eigenvalue weighted by molar-refractivity contribution is 0.0957. The van der Waals surface area contributed by atoms with Gasteiger partial charge in [0.15, 0.2) is 0 Å². The third-order valence-electron chi connectivity index (χ3n) is 3.68. The fraction of sp³-hybridized carbons (Fsp3) is 0.158. The molecule has 0 radical (unpaired) electrons. The molecule has 1 aromatic heterocycles. The van der Waals surface area contributed by atoms with Gasteiger partial charge in [-0.2, -0.15) is 0 Å². The largest absolute Gasteiger partial charge is 0.392 e. The van der Waals surface area contributed by atoms with E-state index in [1.807, 2.05) is 6.07 Å². The molecule has 0 aliphatic carbocycles. The van der Waals surface area contributed by atoms with Crippen LogP contribution in [0.15, 0.2) is 54.4 Å². The van der Waals surface area contributed by atoms with Gasteiger partial charge in [-0.3, -0.25) is 9.59 Å². The van der Waals surface area contributed by atoms with Crippen LogP contribution in [0.4, 0.5) is 0 Å². The van der Waals surface area contributed by atoms with E-state index in [4.69, 9.17) is 5.41 Å². The molecule has 2 aromatic rings. The fourth-order valence-electron chi connectivity index (χ4n) is 2.35. The van der Waals surface area contributed by atoms with Crippen molar-refractivity contribution < 1.29 is 14.7 Å². The predicted molar refractivity (Wildman–Crippen MR) is 102 cm³/mol. The van der Waals surface area contributed by atoms with Gasteiger partial charge in [0.25, 0.3) is 11.8 Å². The van der Waals surface area contributed by atoms with E-state index in [1.165, 1.54) is 25.4 Å². The first-order valence-corrected chi connectivity index (χ1v) is 8.16. The molecule has 2 amide bonds. The van der Waals surface area contributed by atoms with Crippen molar-refractivity contribution >= 4 is 18.0 Å². The highest BCUT2D eigenvalue weighted by molar-refractivity contribution is 6.01. The molecule has 5 N–H and O–H groups in total. The fourth-order valence-corrected chi connectivity index (χ4v) is 2.35. The van der Waals surface area contributed by atoms with Crippen molar-refractivity contribution in [3.05, 3.63) is 76.9 Å². The minimum atomic E-state index is -1.10. The Balaban J connectivity index is 2.45. The zero-order chi connectivity index (χ0) is 19.8. The lowest BCUT2D eigenvalue weighted by atomic mass is 10.0. The molecule has 0 bridgehead atoms. The van der Waals surface area contributed by atoms with Crippen LogP contribution in [0.3, 0.4) is 0 Å². The van der Waals surface area contributed by atoms with Gasteiger partial charge in [0.2, 0.25) is 0 Å². The van der Waals surface area contributed by atoms with Crippen LogP contribution < -0.4 is 16.0 Å². The Morgan fingerprint density at radius 1 is 1.15 bits per heavy atom. The third kappa shape index (κ3) is 4.99. The minimum absolute atomic E-state index is 0.00382. The van der Waals surface area contributed by atoms with Crippen molar-refractivity contribution in [2.24, 2.45) is 0 Å². The Morgan fingerprint density at radius 2 is 1.85 bits per heavy atom. The van der Waals surface area contributed by atoms with Gasteiger partial charge in [0.05, 0.1) is 11.4 Å². The van der Waals surface area contributed by atoms with Crippen LogP contribution in [0, 0.1) is 5.41 Å². The number of rotatable bonds is 7. The Hall–Kier alpha value is -3.52. The van der Waals surface area contributed by atoms with Crippen LogP contribution in [0.5, 0.6) is 0 Å². The van der Waals surface area contributed by atoms with Crippen molar-refractivity contribution in [3.63, 3.8) is 0 Å². The van der Waals surface area contributed by atoms with Crippen molar-refractivity contribution in [1.29, 1.82) is 5.41 Å². The molecule has 0 fully saturated rings. The van der Waals surface area contributed by atoms with E-state index >= 15 is 0 Å². The highest BCUT2D eigenvalue weighted by atomic mass is 16.3. The first kappa shape index (κ1) is 19.8. The highest BCUT2D eigenvalue weighted by Crippen LogP contribution is 2.21. The third-order valence-corrected chi connectivity index (χ3v) is 3.68. The average molecular weight is 367 g/mol. The molecule has 0 spiro atoms. The van der Waals surface area contributed by atoms with E-state index < -0.39 is 17.9 Å². The van der Waals surface area contributed by atoms with Gasteiger partial charge in [-0.15, -0.1) is 0 Å². The maximum Gasteiger partial charge on any atom is 0.269 e. The first-order valence-electron chi connectivity index (χ1n) is 8.16. The summed E-state index contributed by atoms with van der Waals surface area (Å²) in [5, 5.41) is 25.6. The molecule has 140 valence electrons. The standard InChI is InChI=1S/C19H21N5O3/c1-21-11-14(10-20)23-18(26)13-8-15(24-16(9-13)19(27)22-2)17(25)12-6-4-3-5-7-12/h3-11,17,20-21,25H,1-2H3,(H,22,27)(H,23,26)/b14-11+,20-10?. The van der Waals surface area contributed by atoms with Crippen LogP contribution in [-0.2, 0) is 0 Å². The molecule has 8 nitrogen and oxygen atoms in total. The van der Waals surface area contributed by atoms with Crippen LogP contribution in [0.1, 0.15) is 38.2 Å². The molecule has 0 saturated heterocycles. The normalized spacial score (nSPS) is 12.0. The minimum Gasteiger partial charge on any atom is -0.392 e. The number of aliphatic hydroxyl groups excluding tert-OH is 1. The van der Waals surface area contributed by atoms with Crippen LogP contribution >= 0.6 is 0 Å². The number of hydrogen-bond donors (Lipinski definition) is 5. The number of carbonyl (C=O) groups is 2. The summed E-state index contributed by atoms with van der Waals surface area (Å²) >= 11 is 0. The molecule has 1 heterocycles. The predicted octanol–water partition coefficient (Wildman–Crippen LogP) is 0.963. The number of nitrogens with zero attached hydrogens (tertiary/aromatic N) is 1. The van der Waals surface area contributed by atoms with Gasteiger partial charge in [-0.05, 0) is 17.7 Å². The van der Waals surface area contributed by atoms with Crippen LogP contribution in [0.25, 0.3) is 0 Å². The number of aliphatic hydroxyl groups is 1. The maximum atomic E-state index is 12.5. The van der Waals surface area contributed by atoms with Gasteiger partial charge >= 0.3 is 0 Å². The monoisotopic (exact) mass is 367 g/mol. The van der Waals surface area contributed by atoms with Gasteiger partial charge in [0, 0.05) is 32.1 Å². The Bertz CT molecular complexity index is 865. The van der Waals surface area contributed by atoms with Crippen LogP contribution in [-0.4, -0.2) is 42.2 Å². The molecule has 0 aliphatic rings. The molecule has 1 atom stereocenters. The topological polar surface area (TPSA) is 127 Å². The number of benzene rings is 1. The van der Waals surface area contributed by atoms with E-state index in [9.17, 15) is 14.7 Å². The van der Waals surface area contributed by atoms with Crippen molar-refractivity contribution in [2.75, 3.05) is 14.1 Å². The van der Waals surface area contributed by atoms with Gasteiger partial charge in [-0.25, -0.2) is 4.98 Å². The van der Waals surface area contributed by atoms with E-state index in [-0.39, 0.29) is 22.6 Å². The van der Waals surface area contributed by atoms with E-state index in [1.54, 1.807) is 31.3 Å². The second-order valence-electron chi connectivity index (χ2n) is 5.55. The molecule has 0 aliphatic heterocycles. The second-order valence-corrected chi connectivity index (χ2v) is 5.55. The molecule has 0 saturated carbocycles. The molecule has 1 unspecified atom stereocenters. The lowest BCUT2D eigenvalue weighted by Crippen LogP contribution is -2.27. The molecule has 8 heteroatoms. The summed E-state index contributed by atoms with van der Waals surface area (Å²) in [6, 6.07) is 11.6. The van der Waals surface area contributed by atoms with E-state index in [0.29, 0.717) is 5.56 Å². The smallest absolute Gasteiger partial charge is 0.269 e. The summed E-state index contributed by atoms with van der Waals surface area (Å²) in [7, 11) is 3.09. The number of hydrogen-bond acceptors (Lipinski definition) is 6. The van der Waals surface area contributed by atoms with Crippen LogP contribution in [0.2, 0.25) is 0 Å². The quantitative estimate of drug-likeness (QED) is 0.466. The Labute approximate surface area is 156 Å². The molecule has 27 heavy (non-hydrogen) atoms. The molecular weight excluding hydrogens is 346 g/mol. The SMILES string of the molecule is CN/C=C(\C=N)NC(=O)c1cc(C(=O)NC)nc(C(O)c2ccccc2)c1. The summed E-state index contributed by atoms with van der Waals surface area (Å²) in [5.74, 6) is -1.02. The molecule has 2 rings (SSSR count). The maximum absolute atomic E-state index is 12.5. The van der Waals surface area contributed by atoms with Crippen molar-refractivity contribution in [2.45, 2.75) is 6.10 Å². The van der Waals surface area contributed by atoms with E-state index in [2.05, 4.69) is 20.9 Å². The number of carbonyl (C=O) groups excluding carboxylic acids is 2. The summed E-state index contributed by atoms with van der Waals surface area (Å²) in [6.45, 7) is 0. The van der Waals surface area contributed by atoms with Gasteiger partial charge < -0.3 is 26.5 Å². The van der Waals surface area contributed by atoms with Crippen molar-refractivity contribution in [3.8, 4) is 0 Å². The summed E-state index contributed by atoms with van der Waals surface area (Å²) in [6.07, 6.45) is 1.33. The highest BCUT2D eigenvalue weighted by Gasteiger charge is 2.19. The molecule has 1 aromatic carbocycles. The Morgan fingerprint density at radius 3 is 2.44 bits per heavy atom. The molecular formula is C19H21N5O3. The first-order chi connectivity index (χ1) is 13.0. The number of pyridine rings is 1. The summed E-state index contributed by atoms with van der Waals surface area (Å²) in [4.78, 5) is 28.8. The van der Waals surface area contributed by atoms with Gasteiger partial charge in [0.1, 0.15) is 11.8 Å². The number of amides is 2. The number of allylic oxidation sites excluding steroid dienone is 1. The zero-order valence-electron chi connectivity index (χ0n) is 15.0. The van der Waals surface area contributed by atoms with E-state index in [0.717, 1.165) is 6.21 Å². The Kier molecular flexibility index (Phi) is 6.79. The van der Waals surface area contributed by atoms with Gasteiger partial charge in [-0.1, -0.05) is 30.3 Å². The summed E-state index contributed by atoms with van der Waals surface area (Å²) < 4.78 is 0. The zero-order valence-corrected chi connectivity index (χ0v) is 15.0. The lowest BCUT2D eigenvalue weighted by Gasteiger charge is -2.14. The number of aromatic nitrogens is 1. The number of nitrogens with one attached hydrogen (secondary N) is 4. The average Bonchev–Trinajstić information content (AvgIpc) is 2.72. The van der Waals surface area contributed by atoms with Crippen molar-refractivity contribution in [1.82, 2.24) is 20.9 Å². The summed E-state index contributed by atoms with van der Waals surface area (Å²) in [5.41, 5.74) is 1.13. The second kappa shape index (κ2) is 9.25.